The molecular formula is C23H20ClN3O5. The van der Waals surface area contributed by atoms with Crippen molar-refractivity contribution in [1.29, 1.82) is 5.26 Å². The summed E-state index contributed by atoms with van der Waals surface area (Å²) in [6, 6.07) is 9.31. The van der Waals surface area contributed by atoms with Gasteiger partial charge in [0.2, 0.25) is 0 Å². The summed E-state index contributed by atoms with van der Waals surface area (Å²) in [4.78, 5) is 38.9. The summed E-state index contributed by atoms with van der Waals surface area (Å²) in [5, 5.41) is 11.1. The molecule has 9 heteroatoms. The number of anilines is 1. The zero-order chi connectivity index (χ0) is 23.4. The number of benzene rings is 2. The number of carbonyl (C=O) groups is 3. The van der Waals surface area contributed by atoms with Gasteiger partial charge in [-0.2, -0.15) is 5.26 Å². The minimum atomic E-state index is -0.824. The molecule has 1 aliphatic heterocycles. The zero-order valence-corrected chi connectivity index (χ0v) is 18.4. The van der Waals surface area contributed by atoms with Crippen LogP contribution in [0, 0.1) is 25.2 Å². The third kappa shape index (κ3) is 4.74. The standard InChI is InChI=1S/C23H20ClN3O5/c1-4-31-19-12-15(11-18(24)20(19)32-6-5-25)10-17-21(28)26-23(30)27(22(17)29)16-8-13(2)7-14(3)9-16/h7-12H,4,6H2,1-3H3,(H,26,28,30)/b17-10+. The van der Waals surface area contributed by atoms with Gasteiger partial charge in [-0.15, -0.1) is 0 Å². The van der Waals surface area contributed by atoms with E-state index in [9.17, 15) is 14.4 Å². The number of nitrogens with zero attached hydrogens (tertiary/aromatic N) is 2. The van der Waals surface area contributed by atoms with Crippen molar-refractivity contribution < 1.29 is 23.9 Å². The lowest BCUT2D eigenvalue weighted by Crippen LogP contribution is -2.54. The Morgan fingerprint density at radius 2 is 1.78 bits per heavy atom. The van der Waals surface area contributed by atoms with E-state index in [0.717, 1.165) is 16.0 Å². The first-order valence-corrected chi connectivity index (χ1v) is 10.1. The summed E-state index contributed by atoms with van der Waals surface area (Å²) >= 11 is 6.29. The van der Waals surface area contributed by atoms with Crippen molar-refractivity contribution in [1.82, 2.24) is 5.32 Å². The molecule has 1 heterocycles. The Labute approximate surface area is 190 Å². The number of imide groups is 2. The van der Waals surface area contributed by atoms with Gasteiger partial charge in [0.05, 0.1) is 17.3 Å². The number of hydrogen-bond acceptors (Lipinski definition) is 6. The number of amides is 4. The molecule has 0 aromatic heterocycles. The van der Waals surface area contributed by atoms with Crippen molar-refractivity contribution in [3.05, 3.63) is 57.6 Å². The van der Waals surface area contributed by atoms with Crippen LogP contribution in [0.15, 0.2) is 35.9 Å². The Kier molecular flexibility index (Phi) is 6.81. The first kappa shape index (κ1) is 22.8. The van der Waals surface area contributed by atoms with Gasteiger partial charge in [-0.25, -0.2) is 9.69 Å². The summed E-state index contributed by atoms with van der Waals surface area (Å²) < 4.78 is 10.9. The SMILES string of the molecule is CCOc1cc(/C=C2\C(=O)NC(=O)N(c3cc(C)cc(C)c3)C2=O)cc(Cl)c1OCC#N. The summed E-state index contributed by atoms with van der Waals surface area (Å²) in [7, 11) is 0. The molecule has 0 bridgehead atoms. The van der Waals surface area contributed by atoms with Crippen LogP contribution in [0.5, 0.6) is 11.5 Å². The molecule has 8 nitrogen and oxygen atoms in total. The van der Waals surface area contributed by atoms with Gasteiger partial charge in [0.25, 0.3) is 11.8 Å². The smallest absolute Gasteiger partial charge is 0.335 e. The Balaban J connectivity index is 2.04. The van der Waals surface area contributed by atoms with Crippen molar-refractivity contribution in [3.63, 3.8) is 0 Å². The number of barbiturate groups is 1. The average Bonchev–Trinajstić information content (AvgIpc) is 2.70. The predicted molar refractivity (Wildman–Crippen MR) is 119 cm³/mol. The number of rotatable bonds is 6. The van der Waals surface area contributed by atoms with Gasteiger partial charge in [0, 0.05) is 0 Å². The number of halogens is 1. The molecular weight excluding hydrogens is 434 g/mol. The fourth-order valence-corrected chi connectivity index (χ4v) is 3.59. The highest BCUT2D eigenvalue weighted by Crippen LogP contribution is 2.37. The Morgan fingerprint density at radius 3 is 2.41 bits per heavy atom. The van der Waals surface area contributed by atoms with Gasteiger partial charge in [-0.05, 0) is 67.8 Å². The molecule has 2 aromatic carbocycles. The second kappa shape index (κ2) is 9.54. The molecule has 0 unspecified atom stereocenters. The quantitative estimate of drug-likeness (QED) is 0.524. The lowest BCUT2D eigenvalue weighted by Gasteiger charge is -2.27. The normalized spacial score (nSPS) is 14.9. The van der Waals surface area contributed by atoms with Crippen molar-refractivity contribution in [2.24, 2.45) is 0 Å². The molecule has 4 amide bonds. The van der Waals surface area contributed by atoms with Gasteiger partial charge in [-0.1, -0.05) is 17.7 Å². The maximum absolute atomic E-state index is 13.1. The number of carbonyl (C=O) groups excluding carboxylic acids is 3. The van der Waals surface area contributed by atoms with E-state index in [0.29, 0.717) is 17.9 Å². The molecule has 2 aromatic rings. The molecule has 32 heavy (non-hydrogen) atoms. The average molecular weight is 454 g/mol. The zero-order valence-electron chi connectivity index (χ0n) is 17.7. The minimum Gasteiger partial charge on any atom is -0.490 e. The molecule has 0 atom stereocenters. The maximum atomic E-state index is 13.1. The van der Waals surface area contributed by atoms with Crippen LogP contribution in [-0.2, 0) is 9.59 Å². The fraction of sp³-hybridized carbons (Fsp3) is 0.217. The molecule has 0 saturated carbocycles. The molecule has 0 aliphatic carbocycles. The molecule has 164 valence electrons. The van der Waals surface area contributed by atoms with Crippen LogP contribution in [-0.4, -0.2) is 31.1 Å². The number of nitriles is 1. The van der Waals surface area contributed by atoms with Gasteiger partial charge >= 0.3 is 6.03 Å². The molecule has 1 saturated heterocycles. The van der Waals surface area contributed by atoms with Crippen LogP contribution in [0.4, 0.5) is 10.5 Å². The number of aryl methyl sites for hydroxylation is 2. The van der Waals surface area contributed by atoms with Crippen molar-refractivity contribution >= 4 is 41.2 Å². The van der Waals surface area contributed by atoms with Gasteiger partial charge in [-0.3, -0.25) is 14.9 Å². The number of urea groups is 1. The van der Waals surface area contributed by atoms with Crippen LogP contribution in [0.25, 0.3) is 6.08 Å². The van der Waals surface area contributed by atoms with Crippen LogP contribution < -0.4 is 19.7 Å². The molecule has 1 N–H and O–H groups in total. The Hall–Kier alpha value is -3.83. The summed E-state index contributed by atoms with van der Waals surface area (Å²) in [6.07, 6.45) is 1.32. The van der Waals surface area contributed by atoms with E-state index in [-0.39, 0.29) is 28.7 Å². The molecule has 0 spiro atoms. The van der Waals surface area contributed by atoms with Gasteiger partial charge in [0.1, 0.15) is 11.6 Å². The van der Waals surface area contributed by atoms with Gasteiger partial charge in [0.15, 0.2) is 18.1 Å². The van der Waals surface area contributed by atoms with E-state index in [4.69, 9.17) is 26.3 Å². The highest BCUT2D eigenvalue weighted by Gasteiger charge is 2.37. The van der Waals surface area contributed by atoms with E-state index < -0.39 is 17.8 Å². The summed E-state index contributed by atoms with van der Waals surface area (Å²) in [6.45, 7) is 5.52. The second-order valence-electron chi connectivity index (χ2n) is 7.01. The number of nitrogens with one attached hydrogen (secondary N) is 1. The number of hydrogen-bond donors (Lipinski definition) is 1. The first-order chi connectivity index (χ1) is 15.2. The molecule has 1 aliphatic rings. The highest BCUT2D eigenvalue weighted by atomic mass is 35.5. The van der Waals surface area contributed by atoms with Crippen LogP contribution in [0.3, 0.4) is 0 Å². The minimum absolute atomic E-state index is 0.143. The molecule has 3 rings (SSSR count). The lowest BCUT2D eigenvalue weighted by atomic mass is 10.0. The maximum Gasteiger partial charge on any atom is 0.335 e. The van der Waals surface area contributed by atoms with E-state index >= 15 is 0 Å². The second-order valence-corrected chi connectivity index (χ2v) is 7.42. The predicted octanol–water partition coefficient (Wildman–Crippen LogP) is 3.92. The van der Waals surface area contributed by atoms with E-state index in [1.165, 1.54) is 18.2 Å². The third-order valence-corrected chi connectivity index (χ3v) is 4.77. The summed E-state index contributed by atoms with van der Waals surface area (Å²) in [5.74, 6) is -1.14. The monoisotopic (exact) mass is 453 g/mol. The number of ether oxygens (including phenoxy) is 2. The van der Waals surface area contributed by atoms with Crippen LogP contribution in [0.1, 0.15) is 23.6 Å². The van der Waals surface area contributed by atoms with Crippen molar-refractivity contribution in [3.8, 4) is 17.6 Å². The fourth-order valence-electron chi connectivity index (χ4n) is 3.32. The van der Waals surface area contributed by atoms with E-state index in [1.807, 2.05) is 26.0 Å². The van der Waals surface area contributed by atoms with E-state index in [2.05, 4.69) is 5.32 Å². The Bertz CT molecular complexity index is 1160. The first-order valence-electron chi connectivity index (χ1n) is 9.71. The van der Waals surface area contributed by atoms with Crippen LogP contribution in [0.2, 0.25) is 5.02 Å². The van der Waals surface area contributed by atoms with E-state index in [1.54, 1.807) is 19.1 Å². The molecule has 1 fully saturated rings. The topological polar surface area (TPSA) is 109 Å². The Morgan fingerprint density at radius 1 is 1.09 bits per heavy atom. The lowest BCUT2D eigenvalue weighted by molar-refractivity contribution is -0.122. The molecule has 0 radical (unpaired) electrons. The highest BCUT2D eigenvalue weighted by molar-refractivity contribution is 6.39. The third-order valence-electron chi connectivity index (χ3n) is 4.49. The largest absolute Gasteiger partial charge is 0.490 e. The van der Waals surface area contributed by atoms with Crippen molar-refractivity contribution in [2.75, 3.05) is 18.1 Å². The summed E-state index contributed by atoms with van der Waals surface area (Å²) in [5.41, 5.74) is 2.23. The van der Waals surface area contributed by atoms with Crippen LogP contribution >= 0.6 is 11.6 Å². The van der Waals surface area contributed by atoms with Gasteiger partial charge < -0.3 is 9.47 Å². The van der Waals surface area contributed by atoms with Crippen molar-refractivity contribution in [2.45, 2.75) is 20.8 Å².